The van der Waals surface area contributed by atoms with Gasteiger partial charge in [-0.1, -0.05) is 11.6 Å². The van der Waals surface area contributed by atoms with Crippen molar-refractivity contribution in [1.82, 2.24) is 4.90 Å². The molecule has 2 aromatic carbocycles. The Morgan fingerprint density at radius 2 is 1.72 bits per heavy atom. The fourth-order valence-corrected chi connectivity index (χ4v) is 5.13. The van der Waals surface area contributed by atoms with E-state index in [1.54, 1.807) is 0 Å². The number of piperidine rings is 1. The van der Waals surface area contributed by atoms with Gasteiger partial charge < -0.3 is 19.3 Å². The molecule has 0 radical (unpaired) electrons. The predicted octanol–water partition coefficient (Wildman–Crippen LogP) is 3.78. The Balaban J connectivity index is 1.26. The van der Waals surface area contributed by atoms with Crippen LogP contribution in [0.4, 0.5) is 5.69 Å². The van der Waals surface area contributed by atoms with Crippen LogP contribution in [0.2, 0.25) is 0 Å². The van der Waals surface area contributed by atoms with Gasteiger partial charge in [-0.2, -0.15) is 0 Å². The number of carbonyl (C=O) groups is 2. The van der Waals surface area contributed by atoms with E-state index in [2.05, 4.69) is 17.9 Å². The van der Waals surface area contributed by atoms with Crippen LogP contribution in [-0.2, 0) is 4.74 Å². The first-order chi connectivity index (χ1) is 15.4. The number of likely N-dealkylation sites (tertiary alicyclic amines) is 1. The molecule has 6 nitrogen and oxygen atoms in total. The maximum absolute atomic E-state index is 13.2. The third-order valence-electron chi connectivity index (χ3n) is 7.00. The van der Waals surface area contributed by atoms with Crippen LogP contribution in [0, 0.1) is 13.8 Å². The molecule has 0 N–H and O–H groups in total. The van der Waals surface area contributed by atoms with Crippen molar-refractivity contribution in [2.24, 2.45) is 0 Å². The first kappa shape index (κ1) is 21.0. The molecule has 1 spiro atoms. The van der Waals surface area contributed by atoms with Crippen LogP contribution in [-0.4, -0.2) is 61.6 Å². The molecule has 0 aromatic heterocycles. The number of morpholine rings is 1. The Morgan fingerprint density at radius 1 is 0.969 bits per heavy atom. The van der Waals surface area contributed by atoms with Gasteiger partial charge in [-0.25, -0.2) is 0 Å². The molecular formula is C26H30N2O4. The van der Waals surface area contributed by atoms with E-state index < -0.39 is 5.60 Å². The largest absolute Gasteiger partial charge is 0.486 e. The number of benzene rings is 2. The second-order valence-corrected chi connectivity index (χ2v) is 9.28. The second-order valence-electron chi connectivity index (χ2n) is 9.28. The summed E-state index contributed by atoms with van der Waals surface area (Å²) in [7, 11) is 0. The summed E-state index contributed by atoms with van der Waals surface area (Å²) in [6, 6.07) is 11.8. The summed E-state index contributed by atoms with van der Waals surface area (Å²) in [6.07, 6.45) is 1.73. The average Bonchev–Trinajstić information content (AvgIpc) is 2.80. The van der Waals surface area contributed by atoms with Crippen molar-refractivity contribution < 1.29 is 19.1 Å². The zero-order valence-electron chi connectivity index (χ0n) is 18.9. The highest BCUT2D eigenvalue weighted by Gasteiger charge is 2.43. The highest BCUT2D eigenvalue weighted by atomic mass is 16.5. The number of nitrogens with zero attached hydrogens (tertiary/aromatic N) is 2. The van der Waals surface area contributed by atoms with Crippen molar-refractivity contribution in [3.63, 3.8) is 0 Å². The lowest BCUT2D eigenvalue weighted by molar-refractivity contribution is -0.00572. The number of carbonyl (C=O) groups excluding carboxylic acids is 2. The molecule has 2 aromatic rings. The lowest BCUT2D eigenvalue weighted by atomic mass is 9.82. The average molecular weight is 435 g/mol. The predicted molar refractivity (Wildman–Crippen MR) is 123 cm³/mol. The van der Waals surface area contributed by atoms with E-state index in [1.165, 1.54) is 5.69 Å². The minimum atomic E-state index is -0.494. The topological polar surface area (TPSA) is 59.1 Å². The van der Waals surface area contributed by atoms with Crippen LogP contribution in [0.15, 0.2) is 36.4 Å². The molecule has 2 fully saturated rings. The van der Waals surface area contributed by atoms with Gasteiger partial charge in [0.1, 0.15) is 11.4 Å². The van der Waals surface area contributed by atoms with E-state index in [9.17, 15) is 9.59 Å². The van der Waals surface area contributed by atoms with E-state index in [-0.39, 0.29) is 11.7 Å². The number of fused-ring (bicyclic) bond motifs is 1. The molecule has 168 valence electrons. The summed E-state index contributed by atoms with van der Waals surface area (Å²) in [5, 5.41) is 0. The number of aryl methyl sites for hydroxylation is 2. The fraction of sp³-hybridized carbons (Fsp3) is 0.462. The monoisotopic (exact) mass is 434 g/mol. The SMILES string of the molecule is Cc1ccc2c(c1)C(=O)CC1(CCN(C(=O)c3ccc(N4CCOCC4)c(C)c3)CC1)O2. The van der Waals surface area contributed by atoms with Gasteiger partial charge in [0.15, 0.2) is 5.78 Å². The Labute approximate surface area is 189 Å². The summed E-state index contributed by atoms with van der Waals surface area (Å²) in [5.74, 6) is 0.875. The van der Waals surface area contributed by atoms with E-state index >= 15 is 0 Å². The van der Waals surface area contributed by atoms with Crippen LogP contribution >= 0.6 is 0 Å². The number of anilines is 1. The van der Waals surface area contributed by atoms with Crippen LogP contribution in [0.25, 0.3) is 0 Å². The Kier molecular flexibility index (Phi) is 5.41. The highest BCUT2D eigenvalue weighted by molar-refractivity contribution is 6.00. The van der Waals surface area contributed by atoms with Gasteiger partial charge in [-0.3, -0.25) is 9.59 Å². The molecular weight excluding hydrogens is 404 g/mol. The molecule has 3 aliphatic rings. The molecule has 0 aliphatic carbocycles. The van der Waals surface area contributed by atoms with Gasteiger partial charge >= 0.3 is 0 Å². The third-order valence-corrected chi connectivity index (χ3v) is 7.00. The molecule has 5 rings (SSSR count). The lowest BCUT2D eigenvalue weighted by Crippen LogP contribution is -2.52. The zero-order chi connectivity index (χ0) is 22.3. The minimum absolute atomic E-state index is 0.0506. The molecule has 0 atom stereocenters. The second kappa shape index (κ2) is 8.24. The lowest BCUT2D eigenvalue weighted by Gasteiger charge is -2.44. The first-order valence-corrected chi connectivity index (χ1v) is 11.5. The molecule has 0 unspecified atom stereocenters. The van der Waals surface area contributed by atoms with Crippen molar-refractivity contribution >= 4 is 17.4 Å². The smallest absolute Gasteiger partial charge is 0.253 e. The Hall–Kier alpha value is -2.86. The van der Waals surface area contributed by atoms with Gasteiger partial charge in [0.2, 0.25) is 0 Å². The van der Waals surface area contributed by atoms with Crippen LogP contribution in [0.5, 0.6) is 5.75 Å². The zero-order valence-corrected chi connectivity index (χ0v) is 18.9. The molecule has 0 saturated carbocycles. The maximum Gasteiger partial charge on any atom is 0.253 e. The summed E-state index contributed by atoms with van der Waals surface area (Å²) in [5.41, 5.74) is 4.25. The number of rotatable bonds is 2. The van der Waals surface area contributed by atoms with Crippen molar-refractivity contribution in [2.75, 3.05) is 44.3 Å². The van der Waals surface area contributed by atoms with Crippen LogP contribution < -0.4 is 9.64 Å². The van der Waals surface area contributed by atoms with Crippen molar-refractivity contribution in [1.29, 1.82) is 0 Å². The molecule has 3 heterocycles. The molecule has 3 aliphatic heterocycles. The van der Waals surface area contributed by atoms with Crippen LogP contribution in [0.1, 0.15) is 51.1 Å². The highest BCUT2D eigenvalue weighted by Crippen LogP contribution is 2.40. The van der Waals surface area contributed by atoms with Gasteiger partial charge in [-0.05, 0) is 49.7 Å². The standard InChI is InChI=1S/C26H30N2O4/c1-18-3-6-24-21(15-18)23(29)17-26(32-24)7-9-28(10-8-26)25(30)20-4-5-22(19(2)16-20)27-11-13-31-14-12-27/h3-6,15-16H,7-14,17H2,1-2H3. The Bertz CT molecular complexity index is 1050. The molecule has 1 amide bonds. The van der Waals surface area contributed by atoms with Crippen molar-refractivity contribution in [2.45, 2.75) is 38.7 Å². The number of Topliss-reactive ketones (excluding diaryl/α,β-unsaturated/α-hetero) is 1. The number of amides is 1. The quantitative estimate of drug-likeness (QED) is 0.720. The minimum Gasteiger partial charge on any atom is -0.486 e. The molecule has 0 bridgehead atoms. The van der Waals surface area contributed by atoms with E-state index in [0.717, 1.165) is 43.0 Å². The third kappa shape index (κ3) is 3.88. The van der Waals surface area contributed by atoms with E-state index in [1.807, 2.05) is 42.2 Å². The van der Waals surface area contributed by atoms with Crippen LogP contribution in [0.3, 0.4) is 0 Å². The summed E-state index contributed by atoms with van der Waals surface area (Å²) in [4.78, 5) is 30.2. The van der Waals surface area contributed by atoms with Gasteiger partial charge in [0, 0.05) is 50.3 Å². The van der Waals surface area contributed by atoms with E-state index in [4.69, 9.17) is 9.47 Å². The molecule has 6 heteroatoms. The summed E-state index contributed by atoms with van der Waals surface area (Å²) < 4.78 is 11.8. The maximum atomic E-state index is 13.2. The summed E-state index contributed by atoms with van der Waals surface area (Å²) in [6.45, 7) is 8.47. The van der Waals surface area contributed by atoms with Crippen molar-refractivity contribution in [3.8, 4) is 5.75 Å². The van der Waals surface area contributed by atoms with E-state index in [0.29, 0.717) is 43.7 Å². The first-order valence-electron chi connectivity index (χ1n) is 11.5. The number of hydrogen-bond acceptors (Lipinski definition) is 5. The van der Waals surface area contributed by atoms with Gasteiger partial charge in [0.25, 0.3) is 5.91 Å². The molecule has 2 saturated heterocycles. The Morgan fingerprint density at radius 3 is 2.44 bits per heavy atom. The molecule has 32 heavy (non-hydrogen) atoms. The van der Waals surface area contributed by atoms with Gasteiger partial charge in [0.05, 0.1) is 25.2 Å². The number of ketones is 1. The van der Waals surface area contributed by atoms with Gasteiger partial charge in [-0.15, -0.1) is 0 Å². The fourth-order valence-electron chi connectivity index (χ4n) is 5.13. The normalized spacial score (nSPS) is 20.1. The number of ether oxygens (including phenoxy) is 2. The number of hydrogen-bond donors (Lipinski definition) is 0. The van der Waals surface area contributed by atoms with Crippen molar-refractivity contribution in [3.05, 3.63) is 58.7 Å². The summed E-state index contributed by atoms with van der Waals surface area (Å²) >= 11 is 0.